The van der Waals surface area contributed by atoms with Crippen LogP contribution in [0, 0.1) is 5.92 Å². The SMILES string of the molecule is CC(C)COc1ncon1. The van der Waals surface area contributed by atoms with Gasteiger partial charge in [-0.15, -0.1) is 0 Å². The minimum absolute atomic E-state index is 0.314. The molecule has 0 atom stereocenters. The van der Waals surface area contributed by atoms with Gasteiger partial charge in [0.05, 0.1) is 6.61 Å². The van der Waals surface area contributed by atoms with E-state index in [0.29, 0.717) is 18.5 Å². The van der Waals surface area contributed by atoms with E-state index in [1.54, 1.807) is 0 Å². The van der Waals surface area contributed by atoms with Gasteiger partial charge >= 0.3 is 6.01 Å². The Morgan fingerprint density at radius 3 is 3.00 bits per heavy atom. The lowest BCUT2D eigenvalue weighted by molar-refractivity contribution is 0.239. The summed E-state index contributed by atoms with van der Waals surface area (Å²) in [4.78, 5) is 3.69. The Hall–Kier alpha value is -1.06. The Morgan fingerprint density at radius 1 is 1.70 bits per heavy atom. The highest BCUT2D eigenvalue weighted by Gasteiger charge is 1.99. The quantitative estimate of drug-likeness (QED) is 0.634. The zero-order valence-electron chi connectivity index (χ0n) is 6.07. The molecule has 56 valence electrons. The first kappa shape index (κ1) is 7.05. The largest absolute Gasteiger partial charge is 0.461 e. The topological polar surface area (TPSA) is 48.2 Å². The predicted octanol–water partition coefficient (Wildman–Crippen LogP) is 1.10. The van der Waals surface area contributed by atoms with Crippen molar-refractivity contribution in [1.82, 2.24) is 10.1 Å². The van der Waals surface area contributed by atoms with E-state index in [-0.39, 0.29) is 0 Å². The third kappa shape index (κ3) is 2.05. The molecule has 1 heterocycles. The molecule has 0 saturated carbocycles. The molecule has 0 N–H and O–H groups in total. The van der Waals surface area contributed by atoms with Crippen LogP contribution in [0.2, 0.25) is 0 Å². The summed E-state index contributed by atoms with van der Waals surface area (Å²) in [5, 5.41) is 3.48. The second-order valence-electron chi connectivity index (χ2n) is 2.42. The fraction of sp³-hybridized carbons (Fsp3) is 0.667. The smallest absolute Gasteiger partial charge is 0.354 e. The van der Waals surface area contributed by atoms with E-state index in [0.717, 1.165) is 0 Å². The monoisotopic (exact) mass is 142 g/mol. The van der Waals surface area contributed by atoms with Crippen molar-refractivity contribution in [3.8, 4) is 6.01 Å². The van der Waals surface area contributed by atoms with Crippen LogP contribution in [0.5, 0.6) is 6.01 Å². The van der Waals surface area contributed by atoms with Crippen LogP contribution in [0.25, 0.3) is 0 Å². The van der Waals surface area contributed by atoms with E-state index >= 15 is 0 Å². The van der Waals surface area contributed by atoms with Crippen molar-refractivity contribution in [2.24, 2.45) is 5.92 Å². The van der Waals surface area contributed by atoms with Gasteiger partial charge in [0.2, 0.25) is 6.39 Å². The summed E-state index contributed by atoms with van der Waals surface area (Å²) < 4.78 is 9.55. The van der Waals surface area contributed by atoms with E-state index in [2.05, 4.69) is 28.5 Å². The third-order valence-corrected chi connectivity index (χ3v) is 0.887. The number of rotatable bonds is 3. The summed E-state index contributed by atoms with van der Waals surface area (Å²) in [6.07, 6.45) is 1.25. The Bertz CT molecular complexity index is 172. The molecular formula is C6H10N2O2. The molecule has 0 unspecified atom stereocenters. The van der Waals surface area contributed by atoms with Crippen molar-refractivity contribution in [2.75, 3.05) is 6.61 Å². The van der Waals surface area contributed by atoms with Crippen LogP contribution < -0.4 is 4.74 Å². The van der Waals surface area contributed by atoms with Crippen molar-refractivity contribution >= 4 is 0 Å². The summed E-state index contributed by atoms with van der Waals surface area (Å²) >= 11 is 0. The first-order valence-corrected chi connectivity index (χ1v) is 3.18. The van der Waals surface area contributed by atoms with Crippen molar-refractivity contribution < 1.29 is 9.26 Å². The first-order chi connectivity index (χ1) is 4.79. The summed E-state index contributed by atoms with van der Waals surface area (Å²) in [5.74, 6) is 0.485. The van der Waals surface area contributed by atoms with Crippen LogP contribution >= 0.6 is 0 Å². The standard InChI is InChI=1S/C6H10N2O2/c1-5(2)3-9-6-7-4-10-8-6/h4-5H,3H2,1-2H3. The molecule has 0 amide bonds. The van der Waals surface area contributed by atoms with Crippen molar-refractivity contribution in [3.63, 3.8) is 0 Å². The lowest BCUT2D eigenvalue weighted by Gasteiger charge is -2.01. The predicted molar refractivity (Wildman–Crippen MR) is 34.6 cm³/mol. The van der Waals surface area contributed by atoms with Crippen molar-refractivity contribution in [2.45, 2.75) is 13.8 Å². The summed E-state index contributed by atoms with van der Waals surface area (Å²) in [6.45, 7) is 4.74. The van der Waals surface area contributed by atoms with Gasteiger partial charge in [-0.05, 0) is 11.1 Å². The van der Waals surface area contributed by atoms with Gasteiger partial charge in [0.1, 0.15) is 0 Å². The number of hydrogen-bond donors (Lipinski definition) is 0. The minimum Gasteiger partial charge on any atom is -0.461 e. The molecule has 0 saturated heterocycles. The average molecular weight is 142 g/mol. The molecule has 0 fully saturated rings. The van der Waals surface area contributed by atoms with Crippen LogP contribution in [-0.4, -0.2) is 16.7 Å². The number of nitrogens with zero attached hydrogens (tertiary/aromatic N) is 2. The number of aromatic nitrogens is 2. The molecule has 0 aliphatic rings. The van der Waals surface area contributed by atoms with Gasteiger partial charge in [0, 0.05) is 0 Å². The number of hydrogen-bond acceptors (Lipinski definition) is 4. The van der Waals surface area contributed by atoms with Crippen LogP contribution in [0.4, 0.5) is 0 Å². The first-order valence-electron chi connectivity index (χ1n) is 3.18. The molecule has 1 aromatic rings. The molecule has 0 aliphatic carbocycles. The van der Waals surface area contributed by atoms with E-state index in [1.165, 1.54) is 6.39 Å². The summed E-state index contributed by atoms with van der Waals surface area (Å²) in [7, 11) is 0. The Morgan fingerprint density at radius 2 is 2.50 bits per heavy atom. The average Bonchev–Trinajstić information content (AvgIpc) is 2.34. The Labute approximate surface area is 59.2 Å². The van der Waals surface area contributed by atoms with Crippen molar-refractivity contribution in [1.29, 1.82) is 0 Å². The van der Waals surface area contributed by atoms with Crippen LogP contribution in [0.1, 0.15) is 13.8 Å². The molecule has 1 rings (SSSR count). The van der Waals surface area contributed by atoms with E-state index in [1.807, 2.05) is 0 Å². The van der Waals surface area contributed by atoms with Gasteiger partial charge in [-0.25, -0.2) is 0 Å². The van der Waals surface area contributed by atoms with E-state index in [4.69, 9.17) is 4.74 Å². The van der Waals surface area contributed by atoms with Crippen LogP contribution in [-0.2, 0) is 0 Å². The lowest BCUT2D eigenvalue weighted by Crippen LogP contribution is -2.05. The zero-order chi connectivity index (χ0) is 7.40. The highest BCUT2D eigenvalue weighted by atomic mass is 16.5. The van der Waals surface area contributed by atoms with E-state index < -0.39 is 0 Å². The van der Waals surface area contributed by atoms with Gasteiger partial charge in [0.25, 0.3) is 0 Å². The Balaban J connectivity index is 2.28. The third-order valence-electron chi connectivity index (χ3n) is 0.887. The molecule has 0 aliphatic heterocycles. The van der Waals surface area contributed by atoms with E-state index in [9.17, 15) is 0 Å². The summed E-state index contributed by atoms with van der Waals surface area (Å²) in [5.41, 5.74) is 0. The number of ether oxygens (including phenoxy) is 1. The normalized spacial score (nSPS) is 10.3. The van der Waals surface area contributed by atoms with Crippen LogP contribution in [0.3, 0.4) is 0 Å². The lowest BCUT2D eigenvalue weighted by atomic mass is 10.2. The maximum absolute atomic E-state index is 5.09. The van der Waals surface area contributed by atoms with Gasteiger partial charge < -0.3 is 9.26 Å². The van der Waals surface area contributed by atoms with Crippen LogP contribution in [0.15, 0.2) is 10.9 Å². The molecule has 0 bridgehead atoms. The van der Waals surface area contributed by atoms with Gasteiger partial charge in [0.15, 0.2) is 0 Å². The zero-order valence-corrected chi connectivity index (χ0v) is 6.07. The molecule has 4 nitrogen and oxygen atoms in total. The molecule has 10 heavy (non-hydrogen) atoms. The molecular weight excluding hydrogens is 132 g/mol. The Kier molecular flexibility index (Phi) is 2.25. The van der Waals surface area contributed by atoms with Gasteiger partial charge in [-0.3, -0.25) is 0 Å². The highest BCUT2D eigenvalue weighted by molar-refractivity contribution is 4.82. The highest BCUT2D eigenvalue weighted by Crippen LogP contribution is 2.00. The fourth-order valence-corrected chi connectivity index (χ4v) is 0.466. The summed E-state index contributed by atoms with van der Waals surface area (Å²) in [6, 6.07) is 0.314. The second kappa shape index (κ2) is 3.20. The fourth-order valence-electron chi connectivity index (χ4n) is 0.466. The molecule has 0 radical (unpaired) electrons. The van der Waals surface area contributed by atoms with Gasteiger partial charge in [-0.2, -0.15) is 4.98 Å². The van der Waals surface area contributed by atoms with Crippen molar-refractivity contribution in [3.05, 3.63) is 6.39 Å². The second-order valence-corrected chi connectivity index (χ2v) is 2.42. The molecule has 4 heteroatoms. The van der Waals surface area contributed by atoms with Gasteiger partial charge in [-0.1, -0.05) is 13.8 Å². The molecule has 0 spiro atoms. The molecule has 0 aromatic carbocycles. The minimum atomic E-state index is 0.314. The maximum atomic E-state index is 5.09. The molecule has 1 aromatic heterocycles. The maximum Gasteiger partial charge on any atom is 0.354 e.